The molecule has 3 aromatic carbocycles. The third-order valence-corrected chi connectivity index (χ3v) is 6.23. The Kier molecular flexibility index (Phi) is 6.19. The monoisotopic (exact) mass is 458 g/mol. The molecule has 0 spiro atoms. The van der Waals surface area contributed by atoms with E-state index < -0.39 is 4.92 Å². The number of nitro benzene ring substituents is 1. The lowest BCUT2D eigenvalue weighted by molar-refractivity contribution is -0.384. The van der Waals surface area contributed by atoms with Crippen molar-refractivity contribution in [3.05, 3.63) is 93.5 Å². The molecule has 1 aromatic heterocycles. The maximum Gasteiger partial charge on any atom is 0.269 e. The second kappa shape index (κ2) is 9.22. The SMILES string of the molecule is C/C(=N/Nc1nc(-c2ccc(C)cc2C)c(-c2ccc([N+](=O)[O-])cc2)s1)c1ccccc1O. The van der Waals surface area contributed by atoms with Crippen LogP contribution in [0.25, 0.3) is 21.7 Å². The molecule has 33 heavy (non-hydrogen) atoms. The molecule has 0 amide bonds. The highest BCUT2D eigenvalue weighted by molar-refractivity contribution is 7.19. The third-order valence-electron chi connectivity index (χ3n) is 5.22. The molecule has 0 aliphatic heterocycles. The number of phenols is 1. The third kappa shape index (κ3) is 4.75. The van der Waals surface area contributed by atoms with Crippen LogP contribution < -0.4 is 5.43 Å². The maximum absolute atomic E-state index is 11.1. The second-order valence-corrected chi connectivity index (χ2v) is 8.64. The average molecular weight is 459 g/mol. The number of anilines is 1. The Bertz CT molecular complexity index is 1360. The van der Waals surface area contributed by atoms with E-state index in [0.717, 1.165) is 32.8 Å². The molecule has 4 rings (SSSR count). The first kappa shape index (κ1) is 22.2. The number of hydrazone groups is 1. The van der Waals surface area contributed by atoms with E-state index in [0.29, 0.717) is 16.4 Å². The molecular weight excluding hydrogens is 436 g/mol. The Labute approximate surface area is 195 Å². The van der Waals surface area contributed by atoms with E-state index in [9.17, 15) is 15.2 Å². The predicted molar refractivity (Wildman–Crippen MR) is 133 cm³/mol. The molecule has 0 radical (unpaired) electrons. The normalized spacial score (nSPS) is 11.4. The smallest absolute Gasteiger partial charge is 0.269 e. The Morgan fingerprint density at radius 3 is 2.48 bits per heavy atom. The van der Waals surface area contributed by atoms with Gasteiger partial charge in [-0.15, -0.1) is 0 Å². The molecule has 166 valence electrons. The van der Waals surface area contributed by atoms with Gasteiger partial charge in [0, 0.05) is 23.3 Å². The number of nitrogens with zero attached hydrogens (tertiary/aromatic N) is 3. The summed E-state index contributed by atoms with van der Waals surface area (Å²) in [6.07, 6.45) is 0. The lowest BCUT2D eigenvalue weighted by atomic mass is 10.0. The summed E-state index contributed by atoms with van der Waals surface area (Å²) in [4.78, 5) is 16.3. The van der Waals surface area contributed by atoms with Gasteiger partial charge in [0.2, 0.25) is 5.13 Å². The van der Waals surface area contributed by atoms with Crippen molar-refractivity contribution in [1.29, 1.82) is 0 Å². The molecule has 0 saturated heterocycles. The van der Waals surface area contributed by atoms with Gasteiger partial charge in [-0.3, -0.25) is 15.5 Å². The summed E-state index contributed by atoms with van der Waals surface area (Å²) in [6.45, 7) is 5.88. The zero-order valence-electron chi connectivity index (χ0n) is 18.4. The highest BCUT2D eigenvalue weighted by Crippen LogP contribution is 2.40. The van der Waals surface area contributed by atoms with Gasteiger partial charge in [-0.05, 0) is 56.2 Å². The van der Waals surface area contributed by atoms with Crippen molar-refractivity contribution < 1.29 is 10.0 Å². The van der Waals surface area contributed by atoms with Gasteiger partial charge in [0.15, 0.2) is 0 Å². The summed E-state index contributed by atoms with van der Waals surface area (Å²) in [5.41, 5.74) is 9.14. The van der Waals surface area contributed by atoms with Crippen LogP contribution in [-0.2, 0) is 0 Å². The average Bonchev–Trinajstić information content (AvgIpc) is 3.22. The largest absolute Gasteiger partial charge is 0.507 e. The number of phenolic OH excluding ortho intramolecular Hbond substituents is 1. The van der Waals surface area contributed by atoms with Crippen molar-refractivity contribution in [3.63, 3.8) is 0 Å². The van der Waals surface area contributed by atoms with E-state index in [4.69, 9.17) is 4.98 Å². The number of hydrogen-bond acceptors (Lipinski definition) is 7. The molecule has 7 nitrogen and oxygen atoms in total. The number of aryl methyl sites for hydroxylation is 2. The van der Waals surface area contributed by atoms with Crippen LogP contribution in [0.4, 0.5) is 10.8 Å². The van der Waals surface area contributed by atoms with Crippen molar-refractivity contribution in [1.82, 2.24) is 4.98 Å². The highest BCUT2D eigenvalue weighted by atomic mass is 32.1. The maximum atomic E-state index is 11.1. The van der Waals surface area contributed by atoms with E-state index in [-0.39, 0.29) is 11.4 Å². The fourth-order valence-corrected chi connectivity index (χ4v) is 4.46. The van der Waals surface area contributed by atoms with E-state index >= 15 is 0 Å². The van der Waals surface area contributed by atoms with Gasteiger partial charge in [0.25, 0.3) is 5.69 Å². The molecule has 0 aliphatic carbocycles. The van der Waals surface area contributed by atoms with Gasteiger partial charge >= 0.3 is 0 Å². The van der Waals surface area contributed by atoms with Crippen LogP contribution in [0.5, 0.6) is 5.75 Å². The van der Waals surface area contributed by atoms with Crippen LogP contribution in [0.2, 0.25) is 0 Å². The number of hydrogen-bond donors (Lipinski definition) is 2. The van der Waals surface area contributed by atoms with E-state index in [1.54, 1.807) is 37.3 Å². The fraction of sp³-hybridized carbons (Fsp3) is 0.120. The number of rotatable bonds is 6. The molecule has 8 heteroatoms. The van der Waals surface area contributed by atoms with Crippen molar-refractivity contribution in [2.24, 2.45) is 5.10 Å². The molecule has 0 aliphatic rings. The zero-order valence-corrected chi connectivity index (χ0v) is 19.2. The minimum Gasteiger partial charge on any atom is -0.507 e. The summed E-state index contributed by atoms with van der Waals surface area (Å²) in [5, 5.41) is 26.1. The van der Waals surface area contributed by atoms with Crippen LogP contribution in [0.1, 0.15) is 23.6 Å². The quantitative estimate of drug-likeness (QED) is 0.194. The Morgan fingerprint density at radius 1 is 1.09 bits per heavy atom. The lowest BCUT2D eigenvalue weighted by Crippen LogP contribution is -1.99. The first-order chi connectivity index (χ1) is 15.8. The number of non-ortho nitro benzene ring substituents is 1. The van der Waals surface area contributed by atoms with Crippen LogP contribution in [0, 0.1) is 24.0 Å². The van der Waals surface area contributed by atoms with Crippen molar-refractivity contribution in [2.75, 3.05) is 5.43 Å². The van der Waals surface area contributed by atoms with Crippen LogP contribution in [0.3, 0.4) is 0 Å². The molecule has 0 unspecified atom stereocenters. The first-order valence-corrected chi connectivity index (χ1v) is 11.1. The lowest BCUT2D eigenvalue weighted by Gasteiger charge is -2.07. The van der Waals surface area contributed by atoms with Gasteiger partial charge < -0.3 is 5.11 Å². The summed E-state index contributed by atoms with van der Waals surface area (Å²) in [6, 6.07) is 19.6. The molecule has 0 bridgehead atoms. The molecule has 0 atom stereocenters. The number of thiazole rings is 1. The fourth-order valence-electron chi connectivity index (χ4n) is 3.53. The van der Waals surface area contributed by atoms with Crippen LogP contribution in [-0.4, -0.2) is 20.7 Å². The number of aromatic nitrogens is 1. The molecule has 0 fully saturated rings. The van der Waals surface area contributed by atoms with E-state index in [1.807, 2.05) is 32.0 Å². The molecule has 4 aromatic rings. The highest BCUT2D eigenvalue weighted by Gasteiger charge is 2.18. The minimum absolute atomic E-state index is 0.0394. The molecule has 1 heterocycles. The van der Waals surface area contributed by atoms with Crippen LogP contribution in [0.15, 0.2) is 71.8 Å². The van der Waals surface area contributed by atoms with Crippen molar-refractivity contribution in [2.45, 2.75) is 20.8 Å². The van der Waals surface area contributed by atoms with Crippen LogP contribution >= 0.6 is 11.3 Å². The predicted octanol–water partition coefficient (Wildman–Crippen LogP) is 6.54. The van der Waals surface area contributed by atoms with Gasteiger partial charge in [-0.2, -0.15) is 5.10 Å². The number of aromatic hydroxyl groups is 1. The van der Waals surface area contributed by atoms with E-state index in [1.165, 1.54) is 23.5 Å². The second-order valence-electron chi connectivity index (χ2n) is 7.65. The molecular formula is C25H22N4O3S. The number of nitrogens with one attached hydrogen (secondary N) is 1. The molecule has 0 saturated carbocycles. The number of benzene rings is 3. The summed E-state index contributed by atoms with van der Waals surface area (Å²) < 4.78 is 0. The van der Waals surface area contributed by atoms with Crippen molar-refractivity contribution >= 4 is 27.9 Å². The topological polar surface area (TPSA) is 101 Å². The van der Waals surface area contributed by atoms with Gasteiger partial charge in [-0.25, -0.2) is 4.98 Å². The van der Waals surface area contributed by atoms with E-state index in [2.05, 4.69) is 16.6 Å². The standard InChI is InChI=1S/C25H22N4O3S/c1-15-8-13-20(16(2)14-15)23-24(18-9-11-19(12-10-18)29(31)32)33-25(26-23)28-27-17(3)21-6-4-5-7-22(21)30/h4-14,30H,1-3H3,(H,26,28)/b27-17-. The number of para-hydroxylation sites is 1. The Balaban J connectivity index is 1.76. The summed E-state index contributed by atoms with van der Waals surface area (Å²) in [7, 11) is 0. The summed E-state index contributed by atoms with van der Waals surface area (Å²) in [5.74, 6) is 0.155. The Hall–Kier alpha value is -4.04. The molecule has 2 N–H and O–H groups in total. The van der Waals surface area contributed by atoms with Gasteiger partial charge in [-0.1, -0.05) is 47.2 Å². The van der Waals surface area contributed by atoms with Gasteiger partial charge in [0.1, 0.15) is 5.75 Å². The van der Waals surface area contributed by atoms with Crippen molar-refractivity contribution in [3.8, 4) is 27.4 Å². The first-order valence-electron chi connectivity index (χ1n) is 10.3. The number of nitro groups is 1. The zero-order chi connectivity index (χ0) is 23.5. The van der Waals surface area contributed by atoms with Gasteiger partial charge in [0.05, 0.1) is 21.2 Å². The minimum atomic E-state index is -0.412. The Morgan fingerprint density at radius 2 is 1.82 bits per heavy atom. The summed E-state index contributed by atoms with van der Waals surface area (Å²) >= 11 is 1.41.